The summed E-state index contributed by atoms with van der Waals surface area (Å²) >= 11 is 0. The highest BCUT2D eigenvalue weighted by atomic mass is 16.5. The van der Waals surface area contributed by atoms with Gasteiger partial charge in [0.25, 0.3) is 0 Å². The van der Waals surface area contributed by atoms with E-state index in [-0.39, 0.29) is 12.1 Å². The van der Waals surface area contributed by atoms with E-state index >= 15 is 0 Å². The molecule has 1 amide bonds. The molecule has 1 N–H and O–H groups in total. The van der Waals surface area contributed by atoms with E-state index in [1.807, 2.05) is 30.3 Å². The topological polar surface area (TPSA) is 38.3 Å². The van der Waals surface area contributed by atoms with E-state index in [1.54, 1.807) is 6.92 Å². The highest BCUT2D eigenvalue weighted by Crippen LogP contribution is 2.11. The zero-order valence-electron chi connectivity index (χ0n) is 8.57. The number of benzene rings is 1. The molecular weight excluding hydrogens is 190 g/mol. The van der Waals surface area contributed by atoms with E-state index in [2.05, 4.69) is 5.32 Å². The molecule has 1 heterocycles. The van der Waals surface area contributed by atoms with Gasteiger partial charge in [0.1, 0.15) is 5.76 Å². The second-order valence-electron chi connectivity index (χ2n) is 3.56. The Morgan fingerprint density at radius 3 is 2.73 bits per heavy atom. The van der Waals surface area contributed by atoms with Crippen molar-refractivity contribution in [3.63, 3.8) is 0 Å². The molecule has 0 bridgehead atoms. The Balaban J connectivity index is 2.02. The fourth-order valence-electron chi connectivity index (χ4n) is 1.59. The number of nitrogens with one attached hydrogen (secondary N) is 1. The molecule has 1 aliphatic heterocycles. The normalized spacial score (nSPS) is 20.2. The van der Waals surface area contributed by atoms with Crippen molar-refractivity contribution in [2.24, 2.45) is 0 Å². The summed E-state index contributed by atoms with van der Waals surface area (Å²) in [6, 6.07) is 9.95. The van der Waals surface area contributed by atoms with Gasteiger partial charge >= 0.3 is 0 Å². The predicted molar refractivity (Wildman–Crippen MR) is 56.9 cm³/mol. The molecule has 1 aliphatic rings. The summed E-state index contributed by atoms with van der Waals surface area (Å²) in [4.78, 5) is 11.2. The molecule has 0 spiro atoms. The molecular formula is C12H13NO2. The van der Waals surface area contributed by atoms with Crippen LogP contribution >= 0.6 is 0 Å². The lowest BCUT2D eigenvalue weighted by Gasteiger charge is -2.23. The van der Waals surface area contributed by atoms with E-state index < -0.39 is 0 Å². The number of ether oxygens (including phenoxy) is 1. The molecule has 1 aromatic carbocycles. The first-order chi connectivity index (χ1) is 7.24. The number of hydrogen-bond acceptors (Lipinski definition) is 2. The van der Waals surface area contributed by atoms with Gasteiger partial charge < -0.3 is 10.1 Å². The highest BCUT2D eigenvalue weighted by molar-refractivity contribution is 5.88. The maximum atomic E-state index is 11.2. The third kappa shape index (κ3) is 2.59. The van der Waals surface area contributed by atoms with Crippen LogP contribution in [0.15, 0.2) is 42.2 Å². The summed E-state index contributed by atoms with van der Waals surface area (Å²) in [5, 5.41) is 2.76. The van der Waals surface area contributed by atoms with Crippen LogP contribution in [0.5, 0.6) is 0 Å². The van der Waals surface area contributed by atoms with E-state index in [9.17, 15) is 4.79 Å². The molecule has 0 saturated carbocycles. The fourth-order valence-corrected chi connectivity index (χ4v) is 1.59. The molecule has 1 unspecified atom stereocenters. The summed E-state index contributed by atoms with van der Waals surface area (Å²) in [5.41, 5.74) is 1.15. The highest BCUT2D eigenvalue weighted by Gasteiger charge is 2.18. The van der Waals surface area contributed by atoms with Crippen molar-refractivity contribution in [2.45, 2.75) is 19.6 Å². The van der Waals surface area contributed by atoms with Crippen molar-refractivity contribution < 1.29 is 9.53 Å². The Kier molecular flexibility index (Phi) is 2.72. The zero-order valence-corrected chi connectivity index (χ0v) is 8.57. The lowest BCUT2D eigenvalue weighted by atomic mass is 10.1. The van der Waals surface area contributed by atoms with Gasteiger partial charge in [-0.25, -0.2) is 0 Å². The minimum atomic E-state index is -0.245. The quantitative estimate of drug-likeness (QED) is 0.793. The van der Waals surface area contributed by atoms with E-state index in [0.717, 1.165) is 5.56 Å². The van der Waals surface area contributed by atoms with Crippen molar-refractivity contribution in [3.05, 3.63) is 47.7 Å². The summed E-state index contributed by atoms with van der Waals surface area (Å²) < 4.78 is 5.49. The fraction of sp³-hybridized carbons (Fsp3) is 0.250. The smallest absolute Gasteiger partial charge is 0.250 e. The van der Waals surface area contributed by atoms with Gasteiger partial charge in [0.05, 0.1) is 0 Å². The van der Waals surface area contributed by atoms with Crippen LogP contribution < -0.4 is 5.32 Å². The molecule has 1 aromatic rings. The largest absolute Gasteiger partial charge is 0.475 e. The second kappa shape index (κ2) is 4.17. The van der Waals surface area contributed by atoms with Crippen LogP contribution in [0.4, 0.5) is 0 Å². The molecule has 0 radical (unpaired) electrons. The summed E-state index contributed by atoms with van der Waals surface area (Å²) in [7, 11) is 0. The van der Waals surface area contributed by atoms with Gasteiger partial charge in [-0.15, -0.1) is 0 Å². The molecule has 0 aliphatic carbocycles. The van der Waals surface area contributed by atoms with Gasteiger partial charge in [0.2, 0.25) is 5.91 Å². The van der Waals surface area contributed by atoms with Gasteiger partial charge in [-0.2, -0.15) is 0 Å². The van der Waals surface area contributed by atoms with Crippen molar-refractivity contribution in [2.75, 3.05) is 0 Å². The Labute approximate surface area is 88.8 Å². The third-order valence-corrected chi connectivity index (χ3v) is 2.23. The molecule has 3 heteroatoms. The van der Waals surface area contributed by atoms with Crippen molar-refractivity contribution >= 4 is 5.91 Å². The van der Waals surface area contributed by atoms with Gasteiger partial charge in [0.15, 0.2) is 6.23 Å². The average molecular weight is 203 g/mol. The van der Waals surface area contributed by atoms with Gasteiger partial charge in [-0.05, 0) is 12.5 Å². The summed E-state index contributed by atoms with van der Waals surface area (Å²) in [6.45, 7) is 1.79. The lowest BCUT2D eigenvalue weighted by molar-refractivity contribution is -0.121. The van der Waals surface area contributed by atoms with Gasteiger partial charge in [0, 0.05) is 12.5 Å². The lowest BCUT2D eigenvalue weighted by Crippen LogP contribution is -2.40. The Bertz CT molecular complexity index is 384. The number of amides is 1. The second-order valence-corrected chi connectivity index (χ2v) is 3.56. The van der Waals surface area contributed by atoms with Crippen LogP contribution in [-0.4, -0.2) is 12.1 Å². The first-order valence-electron chi connectivity index (χ1n) is 4.93. The molecule has 15 heavy (non-hydrogen) atoms. The van der Waals surface area contributed by atoms with Crippen LogP contribution in [0.1, 0.15) is 12.5 Å². The minimum Gasteiger partial charge on any atom is -0.475 e. The number of carbonyl (C=O) groups is 1. The molecule has 2 rings (SSSR count). The van der Waals surface area contributed by atoms with Crippen LogP contribution in [0.2, 0.25) is 0 Å². The number of allylic oxidation sites excluding steroid dienone is 1. The number of carbonyl (C=O) groups excluding carboxylic acids is 1. The molecule has 0 fully saturated rings. The van der Waals surface area contributed by atoms with Crippen molar-refractivity contribution in [1.82, 2.24) is 5.32 Å². The first kappa shape index (κ1) is 9.77. The molecule has 0 saturated heterocycles. The summed E-state index contributed by atoms with van der Waals surface area (Å²) in [5.74, 6) is 0.583. The molecule has 1 atom stereocenters. The third-order valence-electron chi connectivity index (χ3n) is 2.23. The van der Waals surface area contributed by atoms with Crippen molar-refractivity contribution in [3.8, 4) is 0 Å². The van der Waals surface area contributed by atoms with Gasteiger partial charge in [-0.3, -0.25) is 4.79 Å². The molecule has 3 nitrogen and oxygen atoms in total. The Morgan fingerprint density at radius 1 is 1.33 bits per heavy atom. The number of rotatable bonds is 2. The van der Waals surface area contributed by atoms with E-state index in [1.165, 1.54) is 6.08 Å². The van der Waals surface area contributed by atoms with Crippen LogP contribution in [0.3, 0.4) is 0 Å². The Hall–Kier alpha value is -1.77. The number of hydrogen-bond donors (Lipinski definition) is 1. The SMILES string of the molecule is CC1=CC(=O)NC(Cc2ccccc2)O1. The Morgan fingerprint density at radius 2 is 2.07 bits per heavy atom. The van der Waals surface area contributed by atoms with E-state index in [4.69, 9.17) is 4.74 Å². The predicted octanol–water partition coefficient (Wildman–Crippen LogP) is 1.61. The van der Waals surface area contributed by atoms with Crippen LogP contribution in [0, 0.1) is 0 Å². The zero-order chi connectivity index (χ0) is 10.7. The maximum Gasteiger partial charge on any atom is 0.250 e. The molecule has 78 valence electrons. The first-order valence-corrected chi connectivity index (χ1v) is 4.93. The molecule has 0 aromatic heterocycles. The van der Waals surface area contributed by atoms with Crippen LogP contribution in [-0.2, 0) is 16.0 Å². The average Bonchev–Trinajstić information content (AvgIpc) is 2.17. The maximum absolute atomic E-state index is 11.2. The van der Waals surface area contributed by atoms with Gasteiger partial charge in [-0.1, -0.05) is 30.3 Å². The van der Waals surface area contributed by atoms with E-state index in [0.29, 0.717) is 12.2 Å². The van der Waals surface area contributed by atoms with Crippen molar-refractivity contribution in [1.29, 1.82) is 0 Å². The van der Waals surface area contributed by atoms with Crippen LogP contribution in [0.25, 0.3) is 0 Å². The minimum absolute atomic E-state index is 0.0836. The monoisotopic (exact) mass is 203 g/mol. The standard InChI is InChI=1S/C12H13NO2/c1-9-7-11(14)13-12(15-9)8-10-5-3-2-4-6-10/h2-7,12H,8H2,1H3,(H,13,14). The summed E-state index contributed by atoms with van der Waals surface area (Å²) in [6.07, 6.45) is 1.91.